The second-order valence-electron chi connectivity index (χ2n) is 7.40. The Hall–Kier alpha value is -1.38. The van der Waals surface area contributed by atoms with Crippen molar-refractivity contribution < 1.29 is 12.4 Å². The maximum absolute atomic E-state index is 5.21. The molecule has 25 heavy (non-hydrogen) atoms. The third-order valence-electron chi connectivity index (χ3n) is 5.83. The SMILES string of the molecule is CC1CCCc2c1nc1sc3c(c1c2-c1ccccc1)CCCC3.[Cl-]. The van der Waals surface area contributed by atoms with Crippen LogP contribution in [0.1, 0.15) is 60.2 Å². The molecule has 1 unspecified atom stereocenters. The normalized spacial score (nSPS) is 19.2. The Labute approximate surface area is 159 Å². The molecule has 3 heteroatoms. The molecular formula is C22H23ClNS-. The highest BCUT2D eigenvalue weighted by Gasteiger charge is 2.27. The van der Waals surface area contributed by atoms with Crippen LogP contribution in [0.15, 0.2) is 30.3 Å². The highest BCUT2D eigenvalue weighted by molar-refractivity contribution is 7.19. The summed E-state index contributed by atoms with van der Waals surface area (Å²) in [6.45, 7) is 2.36. The van der Waals surface area contributed by atoms with E-state index in [1.165, 1.54) is 72.0 Å². The Morgan fingerprint density at radius 3 is 2.56 bits per heavy atom. The second kappa shape index (κ2) is 6.74. The lowest BCUT2D eigenvalue weighted by atomic mass is 9.81. The monoisotopic (exact) mass is 368 g/mol. The van der Waals surface area contributed by atoms with E-state index in [0.717, 1.165) is 0 Å². The number of benzene rings is 1. The van der Waals surface area contributed by atoms with E-state index in [1.54, 1.807) is 16.0 Å². The summed E-state index contributed by atoms with van der Waals surface area (Å²) in [5.41, 5.74) is 7.45. The van der Waals surface area contributed by atoms with Crippen LogP contribution in [-0.2, 0) is 19.3 Å². The fourth-order valence-electron chi connectivity index (χ4n) is 4.65. The number of aromatic nitrogens is 1. The van der Waals surface area contributed by atoms with E-state index >= 15 is 0 Å². The molecule has 0 radical (unpaired) electrons. The van der Waals surface area contributed by atoms with Gasteiger partial charge in [-0.1, -0.05) is 37.3 Å². The molecular weight excluding hydrogens is 346 g/mol. The average molecular weight is 369 g/mol. The van der Waals surface area contributed by atoms with Crippen molar-refractivity contribution in [2.45, 2.75) is 57.8 Å². The summed E-state index contributed by atoms with van der Waals surface area (Å²) in [4.78, 5) is 8.11. The highest BCUT2D eigenvalue weighted by atomic mass is 35.5. The van der Waals surface area contributed by atoms with Gasteiger partial charge in [0, 0.05) is 16.0 Å². The van der Waals surface area contributed by atoms with E-state index in [9.17, 15) is 0 Å². The molecule has 3 aromatic rings. The number of nitrogens with zero attached hydrogens (tertiary/aromatic N) is 1. The minimum Gasteiger partial charge on any atom is -1.00 e. The third kappa shape index (κ3) is 2.71. The molecule has 0 fully saturated rings. The number of thiophene rings is 1. The first-order chi connectivity index (χ1) is 11.8. The van der Waals surface area contributed by atoms with Crippen LogP contribution in [-0.4, -0.2) is 4.98 Å². The van der Waals surface area contributed by atoms with Gasteiger partial charge in [-0.05, 0) is 73.1 Å². The van der Waals surface area contributed by atoms with Gasteiger partial charge in [0.25, 0.3) is 0 Å². The minimum atomic E-state index is 0. The zero-order valence-electron chi connectivity index (χ0n) is 14.6. The molecule has 0 aliphatic heterocycles. The fraction of sp³-hybridized carbons (Fsp3) is 0.409. The van der Waals surface area contributed by atoms with Gasteiger partial charge in [0.1, 0.15) is 4.83 Å². The van der Waals surface area contributed by atoms with Crippen LogP contribution in [0.5, 0.6) is 0 Å². The van der Waals surface area contributed by atoms with Gasteiger partial charge in [-0.25, -0.2) is 4.98 Å². The number of halogens is 1. The molecule has 0 saturated heterocycles. The summed E-state index contributed by atoms with van der Waals surface area (Å²) in [6.07, 6.45) is 8.95. The van der Waals surface area contributed by atoms with Gasteiger partial charge in [-0.3, -0.25) is 0 Å². The lowest BCUT2D eigenvalue weighted by Gasteiger charge is -2.25. The van der Waals surface area contributed by atoms with Crippen LogP contribution in [0.2, 0.25) is 0 Å². The lowest BCUT2D eigenvalue weighted by molar-refractivity contribution is -0.00000475. The van der Waals surface area contributed by atoms with Crippen LogP contribution in [0.25, 0.3) is 21.3 Å². The van der Waals surface area contributed by atoms with Crippen molar-refractivity contribution >= 4 is 21.6 Å². The Bertz CT molecular complexity index is 913. The highest BCUT2D eigenvalue weighted by Crippen LogP contribution is 2.46. The van der Waals surface area contributed by atoms with Crippen molar-refractivity contribution in [2.75, 3.05) is 0 Å². The number of pyridine rings is 1. The second-order valence-corrected chi connectivity index (χ2v) is 8.48. The number of hydrogen-bond donors (Lipinski definition) is 0. The van der Waals surface area contributed by atoms with Gasteiger partial charge in [-0.2, -0.15) is 0 Å². The van der Waals surface area contributed by atoms with E-state index in [1.807, 2.05) is 11.3 Å². The van der Waals surface area contributed by atoms with E-state index < -0.39 is 0 Å². The van der Waals surface area contributed by atoms with Gasteiger partial charge in [0.15, 0.2) is 0 Å². The fourth-order valence-corrected chi connectivity index (χ4v) is 5.93. The van der Waals surface area contributed by atoms with Gasteiger partial charge in [0.2, 0.25) is 0 Å². The summed E-state index contributed by atoms with van der Waals surface area (Å²) in [5.74, 6) is 0.597. The molecule has 1 nitrogen and oxygen atoms in total. The molecule has 2 aliphatic carbocycles. The number of fused-ring (bicyclic) bond motifs is 4. The smallest absolute Gasteiger partial charge is 0.124 e. The van der Waals surface area contributed by atoms with E-state index in [0.29, 0.717) is 5.92 Å². The van der Waals surface area contributed by atoms with Crippen molar-refractivity contribution in [3.63, 3.8) is 0 Å². The summed E-state index contributed by atoms with van der Waals surface area (Å²) in [7, 11) is 0. The molecule has 2 aromatic heterocycles. The molecule has 130 valence electrons. The van der Waals surface area contributed by atoms with Gasteiger partial charge in [-0.15, -0.1) is 11.3 Å². The van der Waals surface area contributed by atoms with Crippen molar-refractivity contribution in [1.29, 1.82) is 0 Å². The van der Waals surface area contributed by atoms with Crippen LogP contribution in [0, 0.1) is 0 Å². The number of aryl methyl sites for hydroxylation is 2. The quantitative estimate of drug-likeness (QED) is 0.642. The Morgan fingerprint density at radius 1 is 0.960 bits per heavy atom. The summed E-state index contributed by atoms with van der Waals surface area (Å²) >= 11 is 1.97. The lowest BCUT2D eigenvalue weighted by Crippen LogP contribution is -3.00. The van der Waals surface area contributed by atoms with Crippen molar-refractivity contribution in [1.82, 2.24) is 4.98 Å². The van der Waals surface area contributed by atoms with Crippen LogP contribution in [0.4, 0.5) is 0 Å². The van der Waals surface area contributed by atoms with E-state index in [2.05, 4.69) is 37.3 Å². The minimum absolute atomic E-state index is 0. The predicted molar refractivity (Wildman–Crippen MR) is 103 cm³/mol. The molecule has 0 saturated carbocycles. The summed E-state index contributed by atoms with van der Waals surface area (Å²) < 4.78 is 0. The molecule has 5 rings (SSSR count). The first-order valence-corrected chi connectivity index (χ1v) is 10.2. The Kier molecular flexibility index (Phi) is 4.59. The Morgan fingerprint density at radius 2 is 1.72 bits per heavy atom. The van der Waals surface area contributed by atoms with Gasteiger partial charge in [0.05, 0.1) is 0 Å². The molecule has 0 amide bonds. The molecule has 0 N–H and O–H groups in total. The molecule has 0 spiro atoms. The molecule has 0 bridgehead atoms. The zero-order chi connectivity index (χ0) is 16.1. The van der Waals surface area contributed by atoms with Crippen molar-refractivity contribution in [3.8, 4) is 11.1 Å². The first kappa shape index (κ1) is 17.1. The predicted octanol–water partition coefficient (Wildman–Crippen LogP) is 3.29. The van der Waals surface area contributed by atoms with Crippen LogP contribution in [0.3, 0.4) is 0 Å². The standard InChI is InChI=1S/C22H23NS.ClH/c1-14-8-7-12-17-19(15-9-3-2-4-10-15)20-16-11-5-6-13-18(16)24-22(20)23-21(14)17;/h2-4,9-10,14H,5-8,11-13H2,1H3;1H/p-1. The maximum Gasteiger partial charge on any atom is 0.124 e. The third-order valence-corrected chi connectivity index (χ3v) is 7.01. The zero-order valence-corrected chi connectivity index (χ0v) is 16.2. The van der Waals surface area contributed by atoms with E-state index in [4.69, 9.17) is 4.98 Å². The molecule has 2 aliphatic rings. The Balaban J connectivity index is 0.00000157. The van der Waals surface area contributed by atoms with Gasteiger partial charge < -0.3 is 12.4 Å². The van der Waals surface area contributed by atoms with Crippen molar-refractivity contribution in [2.24, 2.45) is 0 Å². The van der Waals surface area contributed by atoms with Crippen molar-refractivity contribution in [3.05, 3.63) is 52.0 Å². The topological polar surface area (TPSA) is 12.9 Å². The summed E-state index contributed by atoms with van der Waals surface area (Å²) in [6, 6.07) is 11.1. The molecule has 1 aromatic carbocycles. The van der Waals surface area contributed by atoms with Crippen LogP contribution >= 0.6 is 11.3 Å². The first-order valence-electron chi connectivity index (χ1n) is 9.35. The molecule has 2 heterocycles. The number of hydrogen-bond acceptors (Lipinski definition) is 2. The average Bonchev–Trinajstić information content (AvgIpc) is 2.99. The molecule has 1 atom stereocenters. The summed E-state index contributed by atoms with van der Waals surface area (Å²) in [5, 5.41) is 1.49. The van der Waals surface area contributed by atoms with E-state index in [-0.39, 0.29) is 12.4 Å². The van der Waals surface area contributed by atoms with Gasteiger partial charge >= 0.3 is 0 Å². The number of rotatable bonds is 1. The maximum atomic E-state index is 5.21. The van der Waals surface area contributed by atoms with Crippen LogP contribution < -0.4 is 12.4 Å². The largest absolute Gasteiger partial charge is 1.00 e.